The first kappa shape index (κ1) is 10.0. The first-order chi connectivity index (χ1) is 5.86. The molecule has 0 saturated heterocycles. The Morgan fingerprint density at radius 1 is 1.25 bits per heavy atom. The second kappa shape index (κ2) is 5.55. The van der Waals surface area contributed by atoms with Crippen LogP contribution in [-0.4, -0.2) is 24.7 Å². The van der Waals surface area contributed by atoms with Crippen LogP contribution >= 0.6 is 0 Å². The minimum atomic E-state index is 0.729. The van der Waals surface area contributed by atoms with Crippen molar-refractivity contribution in [3.05, 3.63) is 0 Å². The SMILES string of the molecule is CCN(CN)CC1CCCCC1. The van der Waals surface area contributed by atoms with Crippen LogP contribution in [0.2, 0.25) is 0 Å². The lowest BCUT2D eigenvalue weighted by Crippen LogP contribution is -2.34. The Morgan fingerprint density at radius 2 is 1.92 bits per heavy atom. The molecule has 0 heterocycles. The lowest BCUT2D eigenvalue weighted by atomic mass is 9.89. The second-order valence-corrected chi connectivity index (χ2v) is 3.86. The summed E-state index contributed by atoms with van der Waals surface area (Å²) in [5, 5.41) is 0. The van der Waals surface area contributed by atoms with Crippen LogP contribution in [0.15, 0.2) is 0 Å². The third kappa shape index (κ3) is 3.11. The molecule has 12 heavy (non-hydrogen) atoms. The van der Waals surface area contributed by atoms with Crippen LogP contribution in [-0.2, 0) is 0 Å². The fourth-order valence-corrected chi connectivity index (χ4v) is 2.07. The lowest BCUT2D eigenvalue weighted by Gasteiger charge is -2.27. The van der Waals surface area contributed by atoms with E-state index in [0.29, 0.717) is 0 Å². The van der Waals surface area contributed by atoms with Gasteiger partial charge < -0.3 is 5.73 Å². The molecular weight excluding hydrogens is 148 g/mol. The van der Waals surface area contributed by atoms with Gasteiger partial charge in [0.2, 0.25) is 0 Å². The van der Waals surface area contributed by atoms with Crippen molar-refractivity contribution in [3.8, 4) is 0 Å². The highest BCUT2D eigenvalue weighted by Crippen LogP contribution is 2.23. The van der Waals surface area contributed by atoms with E-state index in [-0.39, 0.29) is 0 Å². The van der Waals surface area contributed by atoms with Gasteiger partial charge in [0.15, 0.2) is 0 Å². The van der Waals surface area contributed by atoms with E-state index in [4.69, 9.17) is 5.73 Å². The van der Waals surface area contributed by atoms with Crippen molar-refractivity contribution in [2.75, 3.05) is 19.8 Å². The molecule has 0 spiro atoms. The molecule has 72 valence electrons. The summed E-state index contributed by atoms with van der Waals surface area (Å²) in [5.74, 6) is 0.933. The maximum absolute atomic E-state index is 5.63. The molecule has 2 N–H and O–H groups in total. The summed E-state index contributed by atoms with van der Waals surface area (Å²) < 4.78 is 0. The lowest BCUT2D eigenvalue weighted by molar-refractivity contribution is 0.212. The van der Waals surface area contributed by atoms with Crippen LogP contribution in [0.4, 0.5) is 0 Å². The molecule has 0 aromatic carbocycles. The zero-order valence-electron chi connectivity index (χ0n) is 8.26. The molecule has 0 atom stereocenters. The van der Waals surface area contributed by atoms with Gasteiger partial charge in [-0.2, -0.15) is 0 Å². The fourth-order valence-electron chi connectivity index (χ4n) is 2.07. The van der Waals surface area contributed by atoms with E-state index < -0.39 is 0 Å². The van der Waals surface area contributed by atoms with Gasteiger partial charge in [-0.05, 0) is 25.3 Å². The van der Waals surface area contributed by atoms with E-state index in [9.17, 15) is 0 Å². The Kier molecular flexibility index (Phi) is 4.62. The molecule has 1 fully saturated rings. The first-order valence-electron chi connectivity index (χ1n) is 5.29. The van der Waals surface area contributed by atoms with Crippen molar-refractivity contribution in [2.45, 2.75) is 39.0 Å². The third-order valence-electron chi connectivity index (χ3n) is 2.95. The summed E-state index contributed by atoms with van der Waals surface area (Å²) in [5.41, 5.74) is 5.63. The van der Waals surface area contributed by atoms with Crippen molar-refractivity contribution in [2.24, 2.45) is 11.7 Å². The number of rotatable bonds is 4. The van der Waals surface area contributed by atoms with Crippen molar-refractivity contribution in [1.29, 1.82) is 0 Å². The Hall–Kier alpha value is -0.0800. The van der Waals surface area contributed by atoms with Crippen LogP contribution in [0.1, 0.15) is 39.0 Å². The molecule has 0 aromatic heterocycles. The van der Waals surface area contributed by atoms with E-state index in [1.165, 1.54) is 38.6 Å². The Balaban J connectivity index is 2.18. The zero-order chi connectivity index (χ0) is 8.81. The van der Waals surface area contributed by atoms with Gasteiger partial charge in [-0.1, -0.05) is 26.2 Å². The summed E-state index contributed by atoms with van der Waals surface area (Å²) in [6, 6.07) is 0. The molecule has 0 unspecified atom stereocenters. The minimum absolute atomic E-state index is 0.729. The minimum Gasteiger partial charge on any atom is -0.318 e. The van der Waals surface area contributed by atoms with Crippen molar-refractivity contribution in [1.82, 2.24) is 4.90 Å². The summed E-state index contributed by atoms with van der Waals surface area (Å²) >= 11 is 0. The summed E-state index contributed by atoms with van der Waals surface area (Å²) in [6.07, 6.45) is 7.18. The number of nitrogens with zero attached hydrogens (tertiary/aromatic N) is 1. The highest BCUT2D eigenvalue weighted by atomic mass is 15.2. The molecule has 0 amide bonds. The predicted molar refractivity (Wildman–Crippen MR) is 52.9 cm³/mol. The van der Waals surface area contributed by atoms with Crippen molar-refractivity contribution < 1.29 is 0 Å². The van der Waals surface area contributed by atoms with Crippen LogP contribution in [0.3, 0.4) is 0 Å². The second-order valence-electron chi connectivity index (χ2n) is 3.86. The summed E-state index contributed by atoms with van der Waals surface area (Å²) in [7, 11) is 0. The van der Waals surface area contributed by atoms with Crippen LogP contribution < -0.4 is 5.73 Å². The van der Waals surface area contributed by atoms with Crippen molar-refractivity contribution >= 4 is 0 Å². The molecule has 1 saturated carbocycles. The zero-order valence-corrected chi connectivity index (χ0v) is 8.26. The maximum Gasteiger partial charge on any atom is 0.0455 e. The highest BCUT2D eigenvalue weighted by molar-refractivity contribution is 4.69. The highest BCUT2D eigenvalue weighted by Gasteiger charge is 2.15. The van der Waals surface area contributed by atoms with E-state index >= 15 is 0 Å². The molecule has 0 radical (unpaired) electrons. The van der Waals surface area contributed by atoms with Gasteiger partial charge in [0.1, 0.15) is 0 Å². The van der Waals surface area contributed by atoms with Gasteiger partial charge >= 0.3 is 0 Å². The van der Waals surface area contributed by atoms with Gasteiger partial charge in [-0.3, -0.25) is 4.90 Å². The summed E-state index contributed by atoms with van der Waals surface area (Å²) in [4.78, 5) is 2.34. The van der Waals surface area contributed by atoms with E-state index in [0.717, 1.165) is 19.1 Å². The Bertz CT molecular complexity index is 104. The molecule has 2 heteroatoms. The molecule has 0 aliphatic heterocycles. The number of hydrogen-bond acceptors (Lipinski definition) is 2. The predicted octanol–water partition coefficient (Wildman–Crippen LogP) is 1.80. The monoisotopic (exact) mass is 170 g/mol. The summed E-state index contributed by atoms with van der Waals surface area (Å²) in [6.45, 7) is 5.25. The van der Waals surface area contributed by atoms with Crippen molar-refractivity contribution in [3.63, 3.8) is 0 Å². The molecule has 0 aromatic rings. The third-order valence-corrected chi connectivity index (χ3v) is 2.95. The Morgan fingerprint density at radius 3 is 2.42 bits per heavy atom. The average Bonchev–Trinajstić information content (AvgIpc) is 2.16. The standard InChI is InChI=1S/C10H22N2/c1-2-12(9-11)8-10-6-4-3-5-7-10/h10H,2-9,11H2,1H3. The number of hydrogen-bond donors (Lipinski definition) is 1. The molecule has 1 rings (SSSR count). The van der Waals surface area contributed by atoms with E-state index in [1.54, 1.807) is 0 Å². The first-order valence-corrected chi connectivity index (χ1v) is 5.29. The largest absolute Gasteiger partial charge is 0.318 e. The van der Waals surface area contributed by atoms with Crippen LogP contribution in [0.25, 0.3) is 0 Å². The number of nitrogens with two attached hydrogens (primary N) is 1. The van der Waals surface area contributed by atoms with Gasteiger partial charge in [0, 0.05) is 13.2 Å². The van der Waals surface area contributed by atoms with Gasteiger partial charge in [-0.15, -0.1) is 0 Å². The van der Waals surface area contributed by atoms with Gasteiger partial charge in [0.05, 0.1) is 0 Å². The molecule has 1 aliphatic carbocycles. The van der Waals surface area contributed by atoms with E-state index in [1.807, 2.05) is 0 Å². The quantitative estimate of drug-likeness (QED) is 0.652. The Labute approximate surface area is 76.1 Å². The smallest absolute Gasteiger partial charge is 0.0455 e. The topological polar surface area (TPSA) is 29.3 Å². The molecule has 0 bridgehead atoms. The normalized spacial score (nSPS) is 20.2. The van der Waals surface area contributed by atoms with E-state index in [2.05, 4.69) is 11.8 Å². The average molecular weight is 170 g/mol. The van der Waals surface area contributed by atoms with Crippen LogP contribution in [0, 0.1) is 5.92 Å². The fraction of sp³-hybridized carbons (Fsp3) is 1.00. The molecule has 1 aliphatic rings. The van der Waals surface area contributed by atoms with Gasteiger partial charge in [0.25, 0.3) is 0 Å². The van der Waals surface area contributed by atoms with Gasteiger partial charge in [-0.25, -0.2) is 0 Å². The van der Waals surface area contributed by atoms with Crippen LogP contribution in [0.5, 0.6) is 0 Å². The maximum atomic E-state index is 5.63. The molecular formula is C10H22N2. The molecule has 2 nitrogen and oxygen atoms in total.